The first kappa shape index (κ1) is 18.5. The predicted molar refractivity (Wildman–Crippen MR) is 107 cm³/mol. The second-order valence-electron chi connectivity index (χ2n) is 6.13. The van der Waals surface area contributed by atoms with Gasteiger partial charge in [0, 0.05) is 25.0 Å². The van der Waals surface area contributed by atoms with Crippen molar-refractivity contribution in [1.29, 1.82) is 0 Å². The molecule has 138 valence electrons. The molecular weight excluding hydrogens is 338 g/mol. The van der Waals surface area contributed by atoms with Crippen LogP contribution < -0.4 is 15.4 Å². The van der Waals surface area contributed by atoms with Crippen molar-refractivity contribution in [2.24, 2.45) is 0 Å². The fourth-order valence-corrected chi connectivity index (χ4v) is 2.70. The minimum Gasteiger partial charge on any atom is -0.497 e. The monoisotopic (exact) mass is 361 g/mol. The average molecular weight is 361 g/mol. The number of pyridine rings is 1. The number of amides is 1. The van der Waals surface area contributed by atoms with Crippen LogP contribution in [0.4, 0.5) is 5.69 Å². The summed E-state index contributed by atoms with van der Waals surface area (Å²) in [4.78, 5) is 16.5. The Balaban J connectivity index is 1.52. The molecule has 2 aromatic carbocycles. The van der Waals surface area contributed by atoms with Gasteiger partial charge < -0.3 is 15.4 Å². The van der Waals surface area contributed by atoms with Crippen LogP contribution in [0.3, 0.4) is 0 Å². The van der Waals surface area contributed by atoms with Gasteiger partial charge in [0.15, 0.2) is 0 Å². The third kappa shape index (κ3) is 5.57. The van der Waals surface area contributed by atoms with E-state index in [0.29, 0.717) is 18.8 Å². The molecule has 3 aromatic rings. The van der Waals surface area contributed by atoms with Gasteiger partial charge in [-0.25, -0.2) is 0 Å². The molecule has 0 spiro atoms. The molecule has 0 aliphatic rings. The summed E-state index contributed by atoms with van der Waals surface area (Å²) in [6.07, 6.45) is 2.37. The summed E-state index contributed by atoms with van der Waals surface area (Å²) in [5.41, 5.74) is 3.56. The Kier molecular flexibility index (Phi) is 6.41. The van der Waals surface area contributed by atoms with E-state index in [1.807, 2.05) is 48.5 Å². The number of hydrogen-bond acceptors (Lipinski definition) is 4. The lowest BCUT2D eigenvalue weighted by Crippen LogP contribution is -2.26. The van der Waals surface area contributed by atoms with Gasteiger partial charge in [-0.05, 0) is 41.8 Å². The Hall–Kier alpha value is -3.34. The summed E-state index contributed by atoms with van der Waals surface area (Å²) in [6, 6.07) is 21.6. The minimum atomic E-state index is -0.179. The van der Waals surface area contributed by atoms with Gasteiger partial charge in [-0.15, -0.1) is 0 Å². The van der Waals surface area contributed by atoms with Gasteiger partial charge in [0.2, 0.25) is 0 Å². The van der Waals surface area contributed by atoms with Crippen molar-refractivity contribution in [3.63, 3.8) is 0 Å². The molecular formula is C22H23N3O2. The van der Waals surface area contributed by atoms with Crippen LogP contribution in [-0.4, -0.2) is 24.5 Å². The third-order valence-corrected chi connectivity index (χ3v) is 4.17. The van der Waals surface area contributed by atoms with Crippen LogP contribution in [0, 0.1) is 0 Å². The maximum atomic E-state index is 12.4. The van der Waals surface area contributed by atoms with E-state index in [0.717, 1.165) is 23.4 Å². The Morgan fingerprint density at radius 3 is 2.63 bits per heavy atom. The Labute approximate surface area is 159 Å². The third-order valence-electron chi connectivity index (χ3n) is 4.17. The Bertz CT molecular complexity index is 881. The van der Waals surface area contributed by atoms with E-state index in [1.54, 1.807) is 19.4 Å². The fraction of sp³-hybridized carbons (Fsp3) is 0.182. The van der Waals surface area contributed by atoms with Crippen molar-refractivity contribution in [2.45, 2.75) is 13.0 Å². The van der Waals surface area contributed by atoms with Gasteiger partial charge in [-0.3, -0.25) is 9.78 Å². The first-order valence-electron chi connectivity index (χ1n) is 8.89. The Morgan fingerprint density at radius 2 is 1.81 bits per heavy atom. The lowest BCUT2D eigenvalue weighted by molar-refractivity contribution is 0.0949. The molecule has 0 bridgehead atoms. The second kappa shape index (κ2) is 9.38. The lowest BCUT2D eigenvalue weighted by atomic mass is 10.1. The molecule has 1 amide bonds. The SMILES string of the molecule is COc1cccc(CCNC(=O)c2cc(NCc3ccccc3)ccn2)c1. The number of carbonyl (C=O) groups excluding carboxylic acids is 1. The first-order valence-corrected chi connectivity index (χ1v) is 8.89. The molecule has 2 N–H and O–H groups in total. The molecule has 27 heavy (non-hydrogen) atoms. The van der Waals surface area contributed by atoms with E-state index in [1.165, 1.54) is 5.56 Å². The molecule has 1 heterocycles. The van der Waals surface area contributed by atoms with Gasteiger partial charge in [-0.1, -0.05) is 42.5 Å². The van der Waals surface area contributed by atoms with E-state index >= 15 is 0 Å². The first-order chi connectivity index (χ1) is 13.2. The van der Waals surface area contributed by atoms with Gasteiger partial charge in [0.05, 0.1) is 7.11 Å². The fourth-order valence-electron chi connectivity index (χ4n) is 2.70. The van der Waals surface area contributed by atoms with E-state index in [9.17, 15) is 4.79 Å². The number of hydrogen-bond donors (Lipinski definition) is 2. The topological polar surface area (TPSA) is 63.2 Å². The highest BCUT2D eigenvalue weighted by molar-refractivity contribution is 5.93. The molecule has 0 aliphatic heterocycles. The predicted octanol–water partition coefficient (Wildman–Crippen LogP) is 3.67. The van der Waals surface area contributed by atoms with Gasteiger partial charge in [0.1, 0.15) is 11.4 Å². The number of rotatable bonds is 8. The molecule has 0 atom stereocenters. The quantitative estimate of drug-likeness (QED) is 0.642. The Morgan fingerprint density at radius 1 is 1.00 bits per heavy atom. The molecule has 0 radical (unpaired) electrons. The largest absolute Gasteiger partial charge is 0.497 e. The van der Waals surface area contributed by atoms with Gasteiger partial charge in [-0.2, -0.15) is 0 Å². The maximum absolute atomic E-state index is 12.4. The van der Waals surface area contributed by atoms with Crippen molar-refractivity contribution in [3.05, 3.63) is 89.7 Å². The van der Waals surface area contributed by atoms with E-state index in [-0.39, 0.29) is 5.91 Å². The normalized spacial score (nSPS) is 10.3. The summed E-state index contributed by atoms with van der Waals surface area (Å²) in [5.74, 6) is 0.638. The molecule has 3 rings (SSSR count). The van der Waals surface area contributed by atoms with E-state index in [4.69, 9.17) is 4.74 Å². The molecule has 0 unspecified atom stereocenters. The molecule has 5 nitrogen and oxygen atoms in total. The van der Waals surface area contributed by atoms with Crippen LogP contribution >= 0.6 is 0 Å². The number of carbonyl (C=O) groups is 1. The molecule has 0 saturated carbocycles. The van der Waals surface area contributed by atoms with Crippen LogP contribution in [-0.2, 0) is 13.0 Å². The highest BCUT2D eigenvalue weighted by atomic mass is 16.5. The lowest BCUT2D eigenvalue weighted by Gasteiger charge is -2.09. The number of benzene rings is 2. The summed E-state index contributed by atoms with van der Waals surface area (Å²) in [6.45, 7) is 1.23. The summed E-state index contributed by atoms with van der Waals surface area (Å²) >= 11 is 0. The molecule has 0 saturated heterocycles. The summed E-state index contributed by atoms with van der Waals surface area (Å²) < 4.78 is 5.22. The maximum Gasteiger partial charge on any atom is 0.269 e. The average Bonchev–Trinajstić information content (AvgIpc) is 2.73. The minimum absolute atomic E-state index is 0.179. The molecule has 1 aromatic heterocycles. The van der Waals surface area contributed by atoms with Crippen LogP contribution in [0.15, 0.2) is 72.9 Å². The van der Waals surface area contributed by atoms with Crippen molar-refractivity contribution in [2.75, 3.05) is 19.0 Å². The van der Waals surface area contributed by atoms with Crippen LogP contribution in [0.5, 0.6) is 5.75 Å². The van der Waals surface area contributed by atoms with Crippen LogP contribution in [0.25, 0.3) is 0 Å². The highest BCUT2D eigenvalue weighted by Crippen LogP contribution is 2.13. The zero-order chi connectivity index (χ0) is 18.9. The van der Waals surface area contributed by atoms with Crippen molar-refractivity contribution in [1.82, 2.24) is 10.3 Å². The molecule has 0 fully saturated rings. The molecule has 5 heteroatoms. The zero-order valence-electron chi connectivity index (χ0n) is 15.3. The highest BCUT2D eigenvalue weighted by Gasteiger charge is 2.08. The number of nitrogens with zero attached hydrogens (tertiary/aromatic N) is 1. The van der Waals surface area contributed by atoms with Crippen molar-refractivity contribution < 1.29 is 9.53 Å². The summed E-state index contributed by atoms with van der Waals surface area (Å²) in [5, 5.41) is 6.23. The van der Waals surface area contributed by atoms with Crippen LogP contribution in [0.1, 0.15) is 21.6 Å². The number of aromatic nitrogens is 1. The second-order valence-corrected chi connectivity index (χ2v) is 6.13. The number of anilines is 1. The van der Waals surface area contributed by atoms with Crippen molar-refractivity contribution in [3.8, 4) is 5.75 Å². The smallest absolute Gasteiger partial charge is 0.269 e. The number of nitrogens with one attached hydrogen (secondary N) is 2. The molecule has 0 aliphatic carbocycles. The number of methoxy groups -OCH3 is 1. The van der Waals surface area contributed by atoms with Crippen LogP contribution in [0.2, 0.25) is 0 Å². The van der Waals surface area contributed by atoms with Gasteiger partial charge in [0.25, 0.3) is 5.91 Å². The zero-order valence-corrected chi connectivity index (χ0v) is 15.3. The number of ether oxygens (including phenoxy) is 1. The van der Waals surface area contributed by atoms with E-state index < -0.39 is 0 Å². The van der Waals surface area contributed by atoms with Crippen molar-refractivity contribution >= 4 is 11.6 Å². The summed E-state index contributed by atoms with van der Waals surface area (Å²) in [7, 11) is 1.64. The standard InChI is InChI=1S/C22H23N3O2/c1-27-20-9-5-8-17(14-20)10-12-24-22(26)21-15-19(11-13-23-21)25-16-18-6-3-2-4-7-18/h2-9,11,13-15H,10,12,16H2,1H3,(H,23,25)(H,24,26). The van der Waals surface area contributed by atoms with E-state index in [2.05, 4.69) is 27.8 Å². The van der Waals surface area contributed by atoms with Gasteiger partial charge >= 0.3 is 0 Å².